The van der Waals surface area contributed by atoms with Crippen molar-refractivity contribution in [3.63, 3.8) is 0 Å². The highest BCUT2D eigenvalue weighted by Gasteiger charge is 2.37. The number of rotatable bonds is 0. The van der Waals surface area contributed by atoms with Gasteiger partial charge in [-0.1, -0.05) is 12.2 Å². The van der Waals surface area contributed by atoms with Crippen molar-refractivity contribution < 1.29 is 13.2 Å². The zero-order chi connectivity index (χ0) is 14.0. The standard InChI is InChI=1S/C9H12F3N3S3/c1-14-3-5-15(6-4-14)8(16)2-7-18(13,17)9(10,11)12/h13H,3-6H2,1H3. The van der Waals surface area contributed by atoms with Crippen LogP contribution in [0, 0.1) is 16.0 Å². The van der Waals surface area contributed by atoms with E-state index in [2.05, 4.69) is 22.0 Å². The molecule has 1 aliphatic rings. The molecule has 0 aromatic carbocycles. The molecule has 0 aromatic heterocycles. The Balaban J connectivity index is 2.72. The van der Waals surface area contributed by atoms with E-state index < -0.39 is 13.9 Å². The maximum Gasteiger partial charge on any atom is 0.466 e. The average molecular weight is 315 g/mol. The van der Waals surface area contributed by atoms with Crippen LogP contribution in [0.3, 0.4) is 0 Å². The molecule has 0 radical (unpaired) electrons. The molecule has 0 spiro atoms. The van der Waals surface area contributed by atoms with Gasteiger partial charge in [0, 0.05) is 26.2 Å². The third-order valence-corrected chi connectivity index (χ3v) is 4.64. The molecule has 1 N–H and O–H groups in total. The molecule has 1 saturated heterocycles. The van der Waals surface area contributed by atoms with Gasteiger partial charge in [-0.25, -0.2) is 0 Å². The first-order valence-corrected chi connectivity index (χ1v) is 7.95. The van der Waals surface area contributed by atoms with E-state index in [1.807, 2.05) is 7.05 Å². The third-order valence-electron chi connectivity index (χ3n) is 2.42. The lowest BCUT2D eigenvalue weighted by molar-refractivity contribution is -0.0353. The van der Waals surface area contributed by atoms with Gasteiger partial charge in [-0.3, -0.25) is 4.78 Å². The Morgan fingerprint density at radius 2 is 1.78 bits per heavy atom. The monoisotopic (exact) mass is 315 g/mol. The van der Waals surface area contributed by atoms with Crippen LogP contribution in [0.2, 0.25) is 0 Å². The Morgan fingerprint density at radius 3 is 2.22 bits per heavy atom. The second kappa shape index (κ2) is 5.69. The van der Waals surface area contributed by atoms with Crippen LogP contribution in [0.1, 0.15) is 0 Å². The van der Waals surface area contributed by atoms with Crippen molar-refractivity contribution in [2.75, 3.05) is 33.2 Å². The summed E-state index contributed by atoms with van der Waals surface area (Å²) in [5.74, 6) is 2.23. The topological polar surface area (TPSA) is 30.3 Å². The summed E-state index contributed by atoms with van der Waals surface area (Å²) >= 11 is 9.14. The van der Waals surface area contributed by atoms with Crippen LogP contribution in [0.5, 0.6) is 0 Å². The number of hydrogen-bond acceptors (Lipinski definition) is 4. The highest BCUT2D eigenvalue weighted by Crippen LogP contribution is 2.24. The molecule has 0 amide bonds. The Hall–Kier alpha value is -0.430. The van der Waals surface area contributed by atoms with Gasteiger partial charge in [0.1, 0.15) is 0 Å². The number of hydrogen-bond donors (Lipinski definition) is 1. The van der Waals surface area contributed by atoms with Crippen LogP contribution < -0.4 is 0 Å². The fraction of sp³-hybridized carbons (Fsp3) is 0.667. The Kier molecular flexibility index (Phi) is 4.94. The van der Waals surface area contributed by atoms with Crippen LogP contribution in [-0.4, -0.2) is 53.5 Å². The summed E-state index contributed by atoms with van der Waals surface area (Å²) < 4.78 is 44.1. The molecule has 0 saturated carbocycles. The predicted molar refractivity (Wildman–Crippen MR) is 72.9 cm³/mol. The second-order valence-corrected chi connectivity index (χ2v) is 7.49. The molecule has 0 aliphatic carbocycles. The molecule has 0 aromatic rings. The molecule has 1 aliphatic heterocycles. The lowest BCUT2D eigenvalue weighted by Gasteiger charge is -2.32. The van der Waals surface area contributed by atoms with Crippen LogP contribution in [-0.2, 0) is 19.6 Å². The van der Waals surface area contributed by atoms with Gasteiger partial charge in [-0.05, 0) is 29.4 Å². The number of likely N-dealkylation sites (N-methyl/N-ethyl adjacent to an activating group) is 1. The highest BCUT2D eigenvalue weighted by atomic mass is 32.8. The van der Waals surface area contributed by atoms with E-state index in [9.17, 15) is 13.2 Å². The summed E-state index contributed by atoms with van der Waals surface area (Å²) in [5, 5.41) is 1.80. The van der Waals surface area contributed by atoms with Gasteiger partial charge in [-0.15, -0.1) is 0 Å². The van der Waals surface area contributed by atoms with E-state index in [1.54, 1.807) is 10.2 Å². The van der Waals surface area contributed by atoms with Crippen molar-refractivity contribution in [1.82, 2.24) is 9.80 Å². The predicted octanol–water partition coefficient (Wildman–Crippen LogP) is 1.42. The maximum atomic E-state index is 12.4. The van der Waals surface area contributed by atoms with Crippen LogP contribution in [0.25, 0.3) is 0 Å². The molecule has 1 fully saturated rings. The molecule has 1 unspecified atom stereocenters. The summed E-state index contributed by atoms with van der Waals surface area (Å²) in [5.41, 5.74) is -4.77. The van der Waals surface area contributed by atoms with Gasteiger partial charge in [0.2, 0.25) is 0 Å². The van der Waals surface area contributed by atoms with E-state index in [0.29, 0.717) is 13.1 Å². The molecule has 18 heavy (non-hydrogen) atoms. The molecule has 9 heteroatoms. The number of halogens is 3. The smallest absolute Gasteiger partial charge is 0.353 e. The number of nitrogens with one attached hydrogen (secondary N) is 1. The maximum absolute atomic E-state index is 12.4. The normalized spacial score (nSPS) is 20.8. The summed E-state index contributed by atoms with van der Waals surface area (Å²) in [7, 11) is -2.14. The minimum atomic E-state index is -4.77. The molecule has 0 bridgehead atoms. The minimum absolute atomic E-state index is 0.140. The van der Waals surface area contributed by atoms with Gasteiger partial charge in [0.15, 0.2) is 4.99 Å². The lowest BCUT2D eigenvalue weighted by Crippen LogP contribution is -2.46. The first-order valence-electron chi connectivity index (χ1n) is 4.99. The van der Waals surface area contributed by atoms with Gasteiger partial charge in [0.05, 0.1) is 8.38 Å². The van der Waals surface area contributed by atoms with Crippen molar-refractivity contribution in [2.24, 2.45) is 0 Å². The molecule has 3 nitrogen and oxygen atoms in total. The van der Waals surface area contributed by atoms with E-state index in [-0.39, 0.29) is 4.99 Å². The average Bonchev–Trinajstić information content (AvgIpc) is 2.25. The van der Waals surface area contributed by atoms with Gasteiger partial charge < -0.3 is 9.80 Å². The van der Waals surface area contributed by atoms with Gasteiger partial charge in [-0.2, -0.15) is 13.2 Å². The first kappa shape index (κ1) is 15.6. The fourth-order valence-corrected chi connectivity index (χ4v) is 2.04. The van der Waals surface area contributed by atoms with Crippen molar-refractivity contribution in [3.05, 3.63) is 0 Å². The van der Waals surface area contributed by atoms with E-state index in [4.69, 9.17) is 17.0 Å². The number of alkyl halides is 3. The van der Waals surface area contributed by atoms with Crippen LogP contribution >= 0.6 is 12.2 Å². The zero-order valence-electron chi connectivity index (χ0n) is 9.58. The van der Waals surface area contributed by atoms with Crippen molar-refractivity contribution >= 4 is 36.8 Å². The molecule has 1 rings (SSSR count). The number of nitrogens with zero attached hydrogens (tertiary/aromatic N) is 2. The van der Waals surface area contributed by atoms with Gasteiger partial charge in [0.25, 0.3) is 0 Å². The zero-order valence-corrected chi connectivity index (χ0v) is 12.0. The van der Waals surface area contributed by atoms with E-state index in [1.165, 1.54) is 0 Å². The molecule has 1 atom stereocenters. The highest BCUT2D eigenvalue weighted by molar-refractivity contribution is 8.36. The second-order valence-electron chi connectivity index (χ2n) is 3.82. The summed E-state index contributed by atoms with van der Waals surface area (Å²) in [6, 6.07) is 0. The summed E-state index contributed by atoms with van der Waals surface area (Å²) in [4.78, 5) is 3.97. The quantitative estimate of drug-likeness (QED) is 0.541. The first-order chi connectivity index (χ1) is 8.13. The lowest BCUT2D eigenvalue weighted by atomic mass is 10.3. The van der Waals surface area contributed by atoms with Crippen molar-refractivity contribution in [3.8, 4) is 11.2 Å². The summed E-state index contributed by atoms with van der Waals surface area (Å²) in [6.07, 6.45) is 0. The minimum Gasteiger partial charge on any atom is -0.353 e. The number of thiocarbonyl (C=S) groups is 1. The molecular formula is C9H12F3N3S3. The Labute approximate surface area is 114 Å². The molecule has 102 valence electrons. The molecule has 1 heterocycles. The van der Waals surface area contributed by atoms with Crippen molar-refractivity contribution in [2.45, 2.75) is 5.51 Å². The van der Waals surface area contributed by atoms with Crippen LogP contribution in [0.15, 0.2) is 0 Å². The van der Waals surface area contributed by atoms with Crippen LogP contribution in [0.4, 0.5) is 13.2 Å². The SMILES string of the molecule is CN1CCN(C(=S)C#CS(=N)(=S)C(F)(F)F)CC1. The van der Waals surface area contributed by atoms with E-state index >= 15 is 0 Å². The van der Waals surface area contributed by atoms with Gasteiger partial charge >= 0.3 is 5.51 Å². The molecular weight excluding hydrogens is 303 g/mol. The Bertz CT molecular complexity index is 479. The number of piperazine rings is 1. The fourth-order valence-electron chi connectivity index (χ4n) is 1.26. The summed E-state index contributed by atoms with van der Waals surface area (Å²) in [6.45, 7) is 2.84. The largest absolute Gasteiger partial charge is 0.466 e. The van der Waals surface area contributed by atoms with E-state index in [0.717, 1.165) is 13.1 Å². The van der Waals surface area contributed by atoms with Crippen molar-refractivity contribution in [1.29, 1.82) is 4.78 Å². The third kappa shape index (κ3) is 4.05. The Morgan fingerprint density at radius 1 is 1.28 bits per heavy atom.